The van der Waals surface area contributed by atoms with Crippen LogP contribution in [0.25, 0.3) is 0 Å². The van der Waals surface area contributed by atoms with Crippen LogP contribution in [0.2, 0.25) is 0 Å². The molecule has 2 amide bonds. The predicted molar refractivity (Wildman–Crippen MR) is 122 cm³/mol. The lowest BCUT2D eigenvalue weighted by molar-refractivity contribution is -0.160. The highest BCUT2D eigenvalue weighted by atomic mass is 32.2. The molecule has 172 valence electrons. The molecule has 2 fully saturated rings. The number of nitrogens with zero attached hydrogens (tertiary/aromatic N) is 1. The summed E-state index contributed by atoms with van der Waals surface area (Å²) in [5.41, 5.74) is -0.386. The number of nitrogens with one attached hydrogen (secondary N) is 1. The molecule has 4 rings (SSSR count). The molecule has 3 aliphatic rings. The third-order valence-corrected chi connectivity index (χ3v) is 8.59. The van der Waals surface area contributed by atoms with Crippen LogP contribution in [-0.4, -0.2) is 73.1 Å². The number of fused-ring (bicyclic) bond motifs is 1. The van der Waals surface area contributed by atoms with E-state index in [1.807, 2.05) is 0 Å². The summed E-state index contributed by atoms with van der Waals surface area (Å²) in [4.78, 5) is 52.8. The Bertz CT molecular complexity index is 934. The molecule has 0 radical (unpaired) electrons. The van der Waals surface area contributed by atoms with Gasteiger partial charge in [0.15, 0.2) is 6.04 Å². The number of carbonyl (C=O) groups excluding carboxylic acids is 3. The van der Waals surface area contributed by atoms with Gasteiger partial charge in [-0.2, -0.15) is 11.8 Å². The van der Waals surface area contributed by atoms with Gasteiger partial charge in [0, 0.05) is 4.75 Å². The van der Waals surface area contributed by atoms with Crippen LogP contribution < -0.4 is 5.32 Å². The molecule has 0 aromatic heterocycles. The Labute approximate surface area is 194 Å². The third kappa shape index (κ3) is 4.04. The van der Waals surface area contributed by atoms with Crippen molar-refractivity contribution in [3.8, 4) is 0 Å². The molecule has 10 heteroatoms. The molecule has 3 aliphatic heterocycles. The van der Waals surface area contributed by atoms with Crippen molar-refractivity contribution in [2.75, 3.05) is 11.5 Å². The minimum Gasteiger partial charge on any atom is -0.480 e. The van der Waals surface area contributed by atoms with E-state index in [1.54, 1.807) is 56.8 Å². The largest absolute Gasteiger partial charge is 0.480 e. The second kappa shape index (κ2) is 8.39. The van der Waals surface area contributed by atoms with Crippen molar-refractivity contribution in [1.82, 2.24) is 10.2 Å². The van der Waals surface area contributed by atoms with Crippen LogP contribution in [0.4, 0.5) is 0 Å². The highest BCUT2D eigenvalue weighted by Crippen LogP contribution is 2.49. The summed E-state index contributed by atoms with van der Waals surface area (Å²) in [5, 5.41) is 12.2. The highest BCUT2D eigenvalue weighted by Gasteiger charge is 2.58. The number of carboxylic acid groups (broad SMARTS) is 1. The van der Waals surface area contributed by atoms with Crippen LogP contribution in [-0.2, 0) is 14.3 Å². The van der Waals surface area contributed by atoms with Gasteiger partial charge in [0.1, 0.15) is 11.6 Å². The number of imide groups is 1. The molecule has 0 bridgehead atoms. The first-order valence-electron chi connectivity index (χ1n) is 10.5. The Kier molecular flexibility index (Phi) is 6.06. The number of hydrogen-bond donors (Lipinski definition) is 2. The number of amides is 2. The Morgan fingerprint density at radius 3 is 2.22 bits per heavy atom. The average molecular weight is 479 g/mol. The number of benzene rings is 1. The zero-order chi connectivity index (χ0) is 23.3. The van der Waals surface area contributed by atoms with Gasteiger partial charge < -0.3 is 9.84 Å². The SMILES string of the molecule is CC(C)(C)OC(=O)C(C1NC(C(=O)O)C2(CCSCC2)S1)N1C(=O)c2ccccc2C1=O. The van der Waals surface area contributed by atoms with E-state index in [4.69, 9.17) is 4.74 Å². The number of esters is 1. The number of carboxylic acids is 1. The lowest BCUT2D eigenvalue weighted by Gasteiger charge is -2.35. The molecule has 32 heavy (non-hydrogen) atoms. The Balaban J connectivity index is 1.73. The highest BCUT2D eigenvalue weighted by molar-refractivity contribution is 8.02. The minimum atomic E-state index is -1.29. The van der Waals surface area contributed by atoms with Gasteiger partial charge in [-0.15, -0.1) is 11.8 Å². The summed E-state index contributed by atoms with van der Waals surface area (Å²) in [6.45, 7) is 5.12. The van der Waals surface area contributed by atoms with Crippen molar-refractivity contribution in [2.24, 2.45) is 0 Å². The maximum Gasteiger partial charge on any atom is 0.332 e. The van der Waals surface area contributed by atoms with E-state index in [2.05, 4.69) is 5.32 Å². The van der Waals surface area contributed by atoms with Gasteiger partial charge in [0.05, 0.1) is 16.5 Å². The van der Waals surface area contributed by atoms with Crippen LogP contribution in [0.15, 0.2) is 24.3 Å². The molecule has 2 N–H and O–H groups in total. The van der Waals surface area contributed by atoms with Crippen molar-refractivity contribution < 1.29 is 29.0 Å². The molecule has 3 heterocycles. The topological polar surface area (TPSA) is 113 Å². The number of carbonyl (C=O) groups is 4. The van der Waals surface area contributed by atoms with Crippen molar-refractivity contribution in [1.29, 1.82) is 0 Å². The molecule has 1 aromatic carbocycles. The molecule has 8 nitrogen and oxygen atoms in total. The smallest absolute Gasteiger partial charge is 0.332 e. The van der Waals surface area contributed by atoms with Gasteiger partial charge in [0.25, 0.3) is 11.8 Å². The van der Waals surface area contributed by atoms with E-state index in [0.717, 1.165) is 16.4 Å². The first-order chi connectivity index (χ1) is 15.0. The molecular formula is C22H26N2O6S2. The van der Waals surface area contributed by atoms with Crippen LogP contribution in [0.5, 0.6) is 0 Å². The molecule has 3 atom stereocenters. The van der Waals surface area contributed by atoms with Crippen molar-refractivity contribution >= 4 is 47.3 Å². The monoisotopic (exact) mass is 478 g/mol. The van der Waals surface area contributed by atoms with Crippen LogP contribution in [0, 0.1) is 0 Å². The fourth-order valence-corrected chi connectivity index (χ4v) is 7.73. The molecular weight excluding hydrogens is 452 g/mol. The van der Waals surface area contributed by atoms with Gasteiger partial charge in [0.2, 0.25) is 0 Å². The summed E-state index contributed by atoms with van der Waals surface area (Å²) >= 11 is 3.12. The van der Waals surface area contributed by atoms with E-state index >= 15 is 0 Å². The molecule has 0 saturated carbocycles. The number of thioether (sulfide) groups is 2. The second-order valence-corrected chi connectivity index (χ2v) is 11.9. The standard InChI is InChI=1S/C22H26N2O6S2/c1-21(2,3)30-20(29)14(24-17(25)12-6-4-5-7-13(12)18(24)26)16-23-15(19(27)28)22(32-16)8-10-31-11-9-22/h4-7,14-16,23H,8-11H2,1-3H3,(H,27,28). The normalized spacial score (nSPS) is 25.7. The van der Waals surface area contributed by atoms with E-state index in [9.17, 15) is 24.3 Å². The van der Waals surface area contributed by atoms with Crippen molar-refractivity contribution in [2.45, 2.75) is 61.4 Å². The predicted octanol–water partition coefficient (Wildman–Crippen LogP) is 2.37. The lowest BCUT2D eigenvalue weighted by Crippen LogP contribution is -2.57. The zero-order valence-electron chi connectivity index (χ0n) is 18.1. The quantitative estimate of drug-likeness (QED) is 0.497. The summed E-state index contributed by atoms with van der Waals surface area (Å²) in [7, 11) is 0. The number of aliphatic carboxylic acids is 1. The Morgan fingerprint density at radius 2 is 1.72 bits per heavy atom. The van der Waals surface area contributed by atoms with Gasteiger partial charge in [-0.05, 0) is 57.3 Å². The second-order valence-electron chi connectivity index (χ2n) is 9.16. The van der Waals surface area contributed by atoms with E-state index in [0.29, 0.717) is 12.8 Å². The summed E-state index contributed by atoms with van der Waals surface area (Å²) in [6.07, 6.45) is 1.32. The molecule has 1 aromatic rings. The average Bonchev–Trinajstić information content (AvgIpc) is 3.19. The first kappa shape index (κ1) is 23.1. The Hall–Kier alpha value is -2.04. The van der Waals surface area contributed by atoms with E-state index < -0.39 is 51.6 Å². The zero-order valence-corrected chi connectivity index (χ0v) is 19.8. The maximum atomic E-state index is 13.3. The van der Waals surface area contributed by atoms with E-state index in [1.165, 1.54) is 11.8 Å². The minimum absolute atomic E-state index is 0.229. The number of hydrogen-bond acceptors (Lipinski definition) is 8. The lowest BCUT2D eigenvalue weighted by atomic mass is 9.92. The van der Waals surface area contributed by atoms with Crippen molar-refractivity contribution in [3.05, 3.63) is 35.4 Å². The van der Waals surface area contributed by atoms with Crippen LogP contribution >= 0.6 is 23.5 Å². The van der Waals surface area contributed by atoms with Crippen LogP contribution in [0.3, 0.4) is 0 Å². The Morgan fingerprint density at radius 1 is 1.16 bits per heavy atom. The maximum absolute atomic E-state index is 13.3. The van der Waals surface area contributed by atoms with Gasteiger partial charge in [-0.1, -0.05) is 12.1 Å². The number of rotatable bonds is 4. The fourth-order valence-electron chi connectivity index (χ4n) is 4.43. The fraction of sp³-hybridized carbons (Fsp3) is 0.545. The third-order valence-electron chi connectivity index (χ3n) is 5.84. The molecule has 2 saturated heterocycles. The van der Waals surface area contributed by atoms with Gasteiger partial charge in [-0.3, -0.25) is 24.6 Å². The summed E-state index contributed by atoms with van der Waals surface area (Å²) in [6, 6.07) is 4.25. The van der Waals surface area contributed by atoms with Gasteiger partial charge in [-0.25, -0.2) is 4.79 Å². The van der Waals surface area contributed by atoms with E-state index in [-0.39, 0.29) is 11.1 Å². The summed E-state index contributed by atoms with van der Waals surface area (Å²) < 4.78 is 4.99. The van der Waals surface area contributed by atoms with Crippen LogP contribution in [0.1, 0.15) is 54.3 Å². The summed E-state index contributed by atoms with van der Waals surface area (Å²) in [5.74, 6) is -1.25. The van der Waals surface area contributed by atoms with Gasteiger partial charge >= 0.3 is 11.9 Å². The number of ether oxygens (including phenoxy) is 1. The molecule has 3 unspecified atom stereocenters. The molecule has 0 aliphatic carbocycles. The first-order valence-corrected chi connectivity index (χ1v) is 12.5. The van der Waals surface area contributed by atoms with Crippen molar-refractivity contribution in [3.63, 3.8) is 0 Å². The molecule has 1 spiro atoms.